The summed E-state index contributed by atoms with van der Waals surface area (Å²) in [6.07, 6.45) is -0.535. The maximum absolute atomic E-state index is 12.5. The zero-order valence-electron chi connectivity index (χ0n) is 8.52. The Balaban J connectivity index is 2.97. The second-order valence-corrected chi connectivity index (χ2v) is 3.02. The van der Waals surface area contributed by atoms with E-state index >= 15 is 0 Å². The van der Waals surface area contributed by atoms with E-state index in [0.29, 0.717) is 0 Å². The van der Waals surface area contributed by atoms with E-state index in [9.17, 15) is 13.2 Å². The Morgan fingerprint density at radius 3 is 2.82 bits per heavy atom. The zero-order chi connectivity index (χ0) is 12.9. The van der Waals surface area contributed by atoms with E-state index in [2.05, 4.69) is 15.0 Å². The van der Waals surface area contributed by atoms with Crippen molar-refractivity contribution in [3.8, 4) is 0 Å². The number of hydrogen-bond donors (Lipinski definition) is 1. The number of nitrogens with two attached hydrogens (primary N) is 1. The fourth-order valence-corrected chi connectivity index (χ4v) is 1.08. The predicted molar refractivity (Wildman–Crippen MR) is 56.7 cm³/mol. The van der Waals surface area contributed by atoms with Crippen LogP contribution in [0, 0.1) is 0 Å². The first-order chi connectivity index (χ1) is 7.95. The number of pyridine rings is 1. The lowest BCUT2D eigenvalue weighted by Gasteiger charge is -2.09. The van der Waals surface area contributed by atoms with Crippen molar-refractivity contribution in [1.82, 2.24) is 4.98 Å². The van der Waals surface area contributed by atoms with Crippen LogP contribution in [-0.4, -0.2) is 11.5 Å². The number of nitrogen functional groups attached to an aromatic ring is 1. The topological polar surface area (TPSA) is 87.7 Å². The number of halogens is 3. The third-order valence-electron chi connectivity index (χ3n) is 1.81. The maximum atomic E-state index is 12.5. The van der Waals surface area contributed by atoms with Gasteiger partial charge in [0.15, 0.2) is 0 Å². The molecule has 1 aromatic heterocycles. The van der Waals surface area contributed by atoms with Gasteiger partial charge in [-0.05, 0) is 17.2 Å². The van der Waals surface area contributed by atoms with Crippen LogP contribution in [0.2, 0.25) is 0 Å². The molecule has 90 valence electrons. The van der Waals surface area contributed by atoms with E-state index in [4.69, 9.17) is 11.3 Å². The van der Waals surface area contributed by atoms with Crippen LogP contribution in [-0.2, 0) is 6.18 Å². The van der Waals surface area contributed by atoms with Crippen LogP contribution < -0.4 is 5.73 Å². The molecule has 8 heteroatoms. The summed E-state index contributed by atoms with van der Waals surface area (Å²) in [5.74, 6) is -0.565. The molecule has 0 saturated heterocycles. The molecule has 5 nitrogen and oxygen atoms in total. The summed E-state index contributed by atoms with van der Waals surface area (Å²) in [4.78, 5) is 5.94. The monoisotopic (exact) mass is 243 g/mol. The van der Waals surface area contributed by atoms with Gasteiger partial charge in [0.25, 0.3) is 0 Å². The molecule has 1 heterocycles. The minimum absolute atomic E-state index is 0.0578. The van der Waals surface area contributed by atoms with Gasteiger partial charge in [0, 0.05) is 17.7 Å². The molecule has 0 unspecified atom stereocenters. The van der Waals surface area contributed by atoms with Crippen molar-refractivity contribution in [1.29, 1.82) is 0 Å². The second kappa shape index (κ2) is 5.22. The fraction of sp³-hybridized carbons (Fsp3) is 0.222. The number of alkyl halides is 3. The van der Waals surface area contributed by atoms with E-state index in [1.807, 2.05) is 0 Å². The minimum Gasteiger partial charge on any atom is -0.383 e. The summed E-state index contributed by atoms with van der Waals surface area (Å²) >= 11 is 0. The second-order valence-electron chi connectivity index (χ2n) is 3.02. The Hall–Kier alpha value is -2.21. The summed E-state index contributed by atoms with van der Waals surface area (Å²) in [5, 5.41) is 3.20. The molecule has 0 aliphatic rings. The summed E-state index contributed by atoms with van der Waals surface area (Å²) in [7, 11) is 0. The van der Waals surface area contributed by atoms with E-state index in [1.54, 1.807) is 0 Å². The van der Waals surface area contributed by atoms with Crippen LogP contribution in [0.25, 0.3) is 16.5 Å². The molecule has 0 fully saturated rings. The van der Waals surface area contributed by atoms with Gasteiger partial charge in [-0.25, -0.2) is 4.98 Å². The van der Waals surface area contributed by atoms with Gasteiger partial charge in [0.1, 0.15) is 5.82 Å². The first-order valence-corrected chi connectivity index (χ1v) is 4.45. The van der Waals surface area contributed by atoms with Gasteiger partial charge in [0.05, 0.1) is 5.56 Å². The fourth-order valence-electron chi connectivity index (χ4n) is 1.08. The predicted octanol–water partition coefficient (Wildman–Crippen LogP) is 3.01. The summed E-state index contributed by atoms with van der Waals surface area (Å²) in [5.41, 5.74) is 12.4. The Kier molecular flexibility index (Phi) is 3.95. The van der Waals surface area contributed by atoms with Crippen LogP contribution >= 0.6 is 0 Å². The molecule has 2 N–H and O–H groups in total. The lowest BCUT2D eigenvalue weighted by molar-refractivity contribution is -0.137. The third-order valence-corrected chi connectivity index (χ3v) is 1.81. The molecule has 0 atom stereocenters. The highest BCUT2D eigenvalue weighted by atomic mass is 19.4. The first kappa shape index (κ1) is 12.9. The summed E-state index contributed by atoms with van der Waals surface area (Å²) in [6.45, 7) is 0.0578. The van der Waals surface area contributed by atoms with Crippen molar-refractivity contribution in [2.45, 2.75) is 6.18 Å². The van der Waals surface area contributed by atoms with Gasteiger partial charge in [-0.1, -0.05) is 17.3 Å². The third kappa shape index (κ3) is 3.69. The van der Waals surface area contributed by atoms with Gasteiger partial charge in [-0.2, -0.15) is 13.2 Å². The van der Waals surface area contributed by atoms with Gasteiger partial charge in [-0.3, -0.25) is 0 Å². The van der Waals surface area contributed by atoms with Crippen LogP contribution in [0.5, 0.6) is 0 Å². The van der Waals surface area contributed by atoms with Crippen LogP contribution in [0.4, 0.5) is 19.0 Å². The van der Waals surface area contributed by atoms with Gasteiger partial charge < -0.3 is 5.73 Å². The molecular formula is C9H8F3N5. The highest BCUT2D eigenvalue weighted by Gasteiger charge is 2.33. The molecule has 0 aliphatic heterocycles. The summed E-state index contributed by atoms with van der Waals surface area (Å²) in [6, 6.07) is 0.884. The van der Waals surface area contributed by atoms with E-state index in [0.717, 1.165) is 6.07 Å². The van der Waals surface area contributed by atoms with Gasteiger partial charge in [-0.15, -0.1) is 0 Å². The van der Waals surface area contributed by atoms with E-state index < -0.39 is 17.6 Å². The SMILES string of the molecule is [N-]=[N+]=NCC=Cc1cnc(N)c(C(F)(F)F)c1. The van der Waals surface area contributed by atoms with Crippen molar-refractivity contribution < 1.29 is 13.2 Å². The highest BCUT2D eigenvalue weighted by Crippen LogP contribution is 2.32. The molecule has 0 aliphatic carbocycles. The molecule has 0 amide bonds. The molecular weight excluding hydrogens is 235 g/mol. The number of anilines is 1. The minimum atomic E-state index is -4.54. The smallest absolute Gasteiger partial charge is 0.383 e. The average molecular weight is 243 g/mol. The maximum Gasteiger partial charge on any atom is 0.419 e. The van der Waals surface area contributed by atoms with Gasteiger partial charge >= 0.3 is 6.18 Å². The van der Waals surface area contributed by atoms with Gasteiger partial charge in [0.2, 0.25) is 0 Å². The normalized spacial score (nSPS) is 11.5. The van der Waals surface area contributed by atoms with Crippen molar-refractivity contribution in [3.05, 3.63) is 39.9 Å². The molecule has 0 radical (unpaired) electrons. The summed E-state index contributed by atoms with van der Waals surface area (Å²) < 4.78 is 37.4. The number of azide groups is 1. The molecule has 0 bridgehead atoms. The molecule has 0 aromatic carbocycles. The molecule has 1 aromatic rings. The molecule has 1 rings (SSSR count). The van der Waals surface area contributed by atoms with Crippen molar-refractivity contribution >= 4 is 11.9 Å². The quantitative estimate of drug-likeness (QED) is 0.502. The lowest BCUT2D eigenvalue weighted by atomic mass is 10.1. The number of rotatable bonds is 3. The van der Waals surface area contributed by atoms with Crippen LogP contribution in [0.3, 0.4) is 0 Å². The first-order valence-electron chi connectivity index (χ1n) is 4.45. The standard InChI is InChI=1S/C9H8F3N5/c10-9(11,12)7-4-6(5-15-8(7)13)2-1-3-16-17-14/h1-2,4-5H,3H2,(H2,13,15). The van der Waals surface area contributed by atoms with Crippen molar-refractivity contribution in [2.24, 2.45) is 5.11 Å². The Morgan fingerprint density at radius 1 is 1.53 bits per heavy atom. The number of aromatic nitrogens is 1. The number of nitrogens with zero attached hydrogens (tertiary/aromatic N) is 4. The molecule has 0 spiro atoms. The molecule has 0 saturated carbocycles. The van der Waals surface area contributed by atoms with Crippen LogP contribution in [0.15, 0.2) is 23.5 Å². The Bertz CT molecular complexity index is 474. The van der Waals surface area contributed by atoms with E-state index in [1.165, 1.54) is 18.3 Å². The number of hydrogen-bond acceptors (Lipinski definition) is 3. The average Bonchev–Trinajstić information content (AvgIpc) is 2.25. The van der Waals surface area contributed by atoms with Crippen molar-refractivity contribution in [2.75, 3.05) is 12.3 Å². The Morgan fingerprint density at radius 2 is 2.24 bits per heavy atom. The van der Waals surface area contributed by atoms with E-state index in [-0.39, 0.29) is 12.1 Å². The Labute approximate surface area is 94.4 Å². The highest BCUT2D eigenvalue weighted by molar-refractivity contribution is 5.54. The van der Waals surface area contributed by atoms with Crippen molar-refractivity contribution in [3.63, 3.8) is 0 Å². The van der Waals surface area contributed by atoms with Crippen LogP contribution in [0.1, 0.15) is 11.1 Å². The lowest BCUT2D eigenvalue weighted by Crippen LogP contribution is -2.10. The molecule has 17 heavy (non-hydrogen) atoms. The largest absolute Gasteiger partial charge is 0.419 e. The zero-order valence-corrected chi connectivity index (χ0v) is 8.52.